The zero-order valence-electron chi connectivity index (χ0n) is 16.2. The summed E-state index contributed by atoms with van der Waals surface area (Å²) in [6.45, 7) is 1.02. The van der Waals surface area contributed by atoms with Gasteiger partial charge in [0.2, 0.25) is 5.91 Å². The highest BCUT2D eigenvalue weighted by atomic mass is 19.4. The summed E-state index contributed by atoms with van der Waals surface area (Å²) in [5.41, 5.74) is 1.55. The van der Waals surface area contributed by atoms with Crippen LogP contribution in [0.25, 0.3) is 0 Å². The molecule has 2 aromatic rings. The van der Waals surface area contributed by atoms with Crippen LogP contribution >= 0.6 is 0 Å². The molecule has 0 saturated carbocycles. The van der Waals surface area contributed by atoms with Crippen molar-refractivity contribution in [1.29, 1.82) is 0 Å². The number of halogens is 3. The molecule has 2 aromatic carbocycles. The molecule has 2 rings (SSSR count). The number of hydrogen-bond acceptors (Lipinski definition) is 5. The number of alkyl halides is 3. The number of likely N-dealkylation sites (N-methyl/N-ethyl adjacent to an activating group) is 1. The van der Waals surface area contributed by atoms with E-state index in [-0.39, 0.29) is 12.1 Å². The zero-order valence-corrected chi connectivity index (χ0v) is 16.2. The number of nitrogens with one attached hydrogen (secondary N) is 1. The van der Waals surface area contributed by atoms with E-state index in [0.717, 1.165) is 34.7 Å². The molecule has 0 aliphatic heterocycles. The van der Waals surface area contributed by atoms with E-state index in [2.05, 4.69) is 10.1 Å². The molecule has 0 aliphatic rings. The predicted octanol–water partition coefficient (Wildman–Crippen LogP) is 3.15. The van der Waals surface area contributed by atoms with Crippen molar-refractivity contribution < 1.29 is 37.0 Å². The van der Waals surface area contributed by atoms with E-state index in [9.17, 15) is 27.6 Å². The lowest BCUT2D eigenvalue weighted by atomic mass is 10.2. The lowest BCUT2D eigenvalue weighted by Crippen LogP contribution is -2.37. The molecule has 0 atom stereocenters. The van der Waals surface area contributed by atoms with Gasteiger partial charge < -0.3 is 19.7 Å². The smallest absolute Gasteiger partial charge is 0.452 e. The van der Waals surface area contributed by atoms with Gasteiger partial charge in [-0.05, 0) is 43.3 Å². The Labute approximate surface area is 170 Å². The number of aryl methyl sites for hydroxylation is 1. The molecular formula is C20H19F3N2O5. The van der Waals surface area contributed by atoms with Crippen molar-refractivity contribution in [3.8, 4) is 5.75 Å². The second kappa shape index (κ2) is 9.77. The number of ether oxygens (including phenoxy) is 2. The molecule has 160 valence electrons. The summed E-state index contributed by atoms with van der Waals surface area (Å²) in [5.74, 6) is -2.45. The Balaban J connectivity index is 1.80. The van der Waals surface area contributed by atoms with Crippen LogP contribution in [0.3, 0.4) is 0 Å². The maximum Gasteiger partial charge on any atom is 0.573 e. The molecule has 0 saturated heterocycles. The lowest BCUT2D eigenvalue weighted by molar-refractivity contribution is -0.274. The van der Waals surface area contributed by atoms with Crippen LogP contribution in [0.1, 0.15) is 15.9 Å². The van der Waals surface area contributed by atoms with E-state index in [0.29, 0.717) is 5.69 Å². The van der Waals surface area contributed by atoms with Crippen LogP contribution in [0.5, 0.6) is 5.75 Å². The van der Waals surface area contributed by atoms with Gasteiger partial charge in [-0.3, -0.25) is 9.59 Å². The number of nitrogens with zero attached hydrogens (tertiary/aromatic N) is 1. The van der Waals surface area contributed by atoms with E-state index >= 15 is 0 Å². The molecule has 0 radical (unpaired) electrons. The third-order valence-electron chi connectivity index (χ3n) is 3.79. The molecule has 7 nitrogen and oxygen atoms in total. The van der Waals surface area contributed by atoms with Crippen LogP contribution in [-0.2, 0) is 14.3 Å². The van der Waals surface area contributed by atoms with Gasteiger partial charge in [0.25, 0.3) is 5.91 Å². The first-order valence-corrected chi connectivity index (χ1v) is 8.67. The van der Waals surface area contributed by atoms with Gasteiger partial charge in [-0.2, -0.15) is 0 Å². The van der Waals surface area contributed by atoms with Crippen molar-refractivity contribution in [3.05, 3.63) is 59.7 Å². The summed E-state index contributed by atoms with van der Waals surface area (Å²) in [7, 11) is 1.37. The van der Waals surface area contributed by atoms with E-state index < -0.39 is 36.5 Å². The van der Waals surface area contributed by atoms with Gasteiger partial charge in [-0.25, -0.2) is 4.79 Å². The van der Waals surface area contributed by atoms with E-state index in [1.807, 2.05) is 19.1 Å². The standard InChI is InChI=1S/C20H19F3N2O5/c1-13-3-7-15(8-4-13)24-17(26)11-25(2)18(27)12-29-19(28)14-5-9-16(10-6-14)30-20(21,22)23/h3-10H,11-12H2,1-2H3,(H,24,26). The zero-order chi connectivity index (χ0) is 22.3. The van der Waals surface area contributed by atoms with Crippen LogP contribution in [0.4, 0.5) is 18.9 Å². The van der Waals surface area contributed by atoms with Crippen molar-refractivity contribution in [2.45, 2.75) is 13.3 Å². The average Bonchev–Trinajstić information content (AvgIpc) is 2.66. The number of carbonyl (C=O) groups excluding carboxylic acids is 3. The van der Waals surface area contributed by atoms with Crippen molar-refractivity contribution in [3.63, 3.8) is 0 Å². The Morgan fingerprint density at radius 1 is 1.00 bits per heavy atom. The number of anilines is 1. The summed E-state index contributed by atoms with van der Waals surface area (Å²) >= 11 is 0. The molecule has 1 N–H and O–H groups in total. The van der Waals surface area contributed by atoms with Gasteiger partial charge >= 0.3 is 12.3 Å². The highest BCUT2D eigenvalue weighted by molar-refractivity contribution is 5.95. The Kier molecular flexibility index (Phi) is 7.40. The molecule has 0 spiro atoms. The minimum atomic E-state index is -4.84. The lowest BCUT2D eigenvalue weighted by Gasteiger charge is -2.17. The van der Waals surface area contributed by atoms with Crippen LogP contribution in [-0.4, -0.2) is 49.2 Å². The fourth-order valence-electron chi connectivity index (χ4n) is 2.25. The predicted molar refractivity (Wildman–Crippen MR) is 101 cm³/mol. The third kappa shape index (κ3) is 7.46. The average molecular weight is 424 g/mol. The van der Waals surface area contributed by atoms with Gasteiger partial charge in [-0.1, -0.05) is 17.7 Å². The fourth-order valence-corrected chi connectivity index (χ4v) is 2.25. The summed E-state index contributed by atoms with van der Waals surface area (Å²) in [4.78, 5) is 37.0. The van der Waals surface area contributed by atoms with Crippen molar-refractivity contribution in [2.75, 3.05) is 25.5 Å². The van der Waals surface area contributed by atoms with Crippen LogP contribution in [0, 0.1) is 6.92 Å². The Hall–Kier alpha value is -3.56. The highest BCUT2D eigenvalue weighted by Crippen LogP contribution is 2.22. The highest BCUT2D eigenvalue weighted by Gasteiger charge is 2.31. The minimum absolute atomic E-state index is 0.0582. The monoisotopic (exact) mass is 424 g/mol. The number of amides is 2. The molecule has 10 heteroatoms. The number of hydrogen-bond donors (Lipinski definition) is 1. The summed E-state index contributed by atoms with van der Waals surface area (Å²) < 4.78 is 44.9. The SMILES string of the molecule is Cc1ccc(NC(=O)CN(C)C(=O)COC(=O)c2ccc(OC(F)(F)F)cc2)cc1. The summed E-state index contributed by atoms with van der Waals surface area (Å²) in [6, 6.07) is 11.2. The van der Waals surface area contributed by atoms with Crippen LogP contribution in [0.15, 0.2) is 48.5 Å². The number of benzene rings is 2. The second-order valence-corrected chi connectivity index (χ2v) is 6.31. The molecule has 0 heterocycles. The van der Waals surface area contributed by atoms with Gasteiger partial charge in [0.05, 0.1) is 12.1 Å². The van der Waals surface area contributed by atoms with Crippen molar-refractivity contribution in [2.24, 2.45) is 0 Å². The largest absolute Gasteiger partial charge is 0.573 e. The summed E-state index contributed by atoms with van der Waals surface area (Å²) in [5, 5.41) is 2.63. The molecule has 0 aromatic heterocycles. The fraction of sp³-hybridized carbons (Fsp3) is 0.250. The molecule has 2 amide bonds. The number of esters is 1. The maximum atomic E-state index is 12.1. The molecular weight excluding hydrogens is 405 g/mol. The van der Waals surface area contributed by atoms with E-state index in [1.54, 1.807) is 12.1 Å². The molecule has 0 aliphatic carbocycles. The maximum absolute atomic E-state index is 12.1. The normalized spacial score (nSPS) is 10.8. The van der Waals surface area contributed by atoms with Gasteiger partial charge in [-0.15, -0.1) is 13.2 Å². The molecule has 30 heavy (non-hydrogen) atoms. The van der Waals surface area contributed by atoms with E-state index in [1.165, 1.54) is 7.05 Å². The van der Waals surface area contributed by atoms with Crippen LogP contribution in [0.2, 0.25) is 0 Å². The summed E-state index contributed by atoms with van der Waals surface area (Å²) in [6.07, 6.45) is -4.84. The Bertz CT molecular complexity index is 896. The van der Waals surface area contributed by atoms with E-state index in [4.69, 9.17) is 4.74 Å². The number of carbonyl (C=O) groups is 3. The second-order valence-electron chi connectivity index (χ2n) is 6.31. The van der Waals surface area contributed by atoms with Gasteiger partial charge in [0.15, 0.2) is 6.61 Å². The molecule has 0 bridgehead atoms. The third-order valence-corrected chi connectivity index (χ3v) is 3.79. The Morgan fingerprint density at radius 3 is 2.17 bits per heavy atom. The van der Waals surface area contributed by atoms with Gasteiger partial charge in [0, 0.05) is 12.7 Å². The quantitative estimate of drug-likeness (QED) is 0.691. The number of rotatable bonds is 7. The first kappa shape index (κ1) is 22.7. The van der Waals surface area contributed by atoms with Gasteiger partial charge in [0.1, 0.15) is 5.75 Å². The minimum Gasteiger partial charge on any atom is -0.452 e. The Morgan fingerprint density at radius 2 is 1.60 bits per heavy atom. The first-order chi connectivity index (χ1) is 14.0. The molecule has 0 fully saturated rings. The van der Waals surface area contributed by atoms with Crippen LogP contribution < -0.4 is 10.1 Å². The topological polar surface area (TPSA) is 84.9 Å². The van der Waals surface area contributed by atoms with Crippen molar-refractivity contribution in [1.82, 2.24) is 4.90 Å². The first-order valence-electron chi connectivity index (χ1n) is 8.67. The molecule has 0 unspecified atom stereocenters. The van der Waals surface area contributed by atoms with Crippen molar-refractivity contribution >= 4 is 23.5 Å².